The number of ether oxygens (including phenoxy) is 1. The van der Waals surface area contributed by atoms with Crippen LogP contribution in [-0.2, 0) is 9.53 Å². The molecule has 1 fully saturated rings. The van der Waals surface area contributed by atoms with Crippen LogP contribution in [0.3, 0.4) is 0 Å². The lowest BCUT2D eigenvalue weighted by Crippen LogP contribution is -2.28. The second kappa shape index (κ2) is 5.33. The highest BCUT2D eigenvalue weighted by Gasteiger charge is 2.40. The number of esters is 1. The second-order valence-electron chi connectivity index (χ2n) is 3.65. The summed E-state index contributed by atoms with van der Waals surface area (Å²) >= 11 is 5.69. The number of rotatable bonds is 4. The molecule has 0 aromatic rings. The standard InChI is InChI=1S/C11H15ClO3/c1-3-4-9(13)10-8(5-7(2)12)6-15-11(10)14/h3-4,8-10,13H,2,5-6H2,1H3/b4-3+/t8-,9+,10-/m0/s1. The van der Waals surface area contributed by atoms with Crippen molar-refractivity contribution in [1.82, 2.24) is 0 Å². The van der Waals surface area contributed by atoms with Gasteiger partial charge >= 0.3 is 5.97 Å². The first-order valence-corrected chi connectivity index (χ1v) is 5.25. The molecule has 1 aliphatic heterocycles. The molecule has 0 amide bonds. The van der Waals surface area contributed by atoms with E-state index in [2.05, 4.69) is 6.58 Å². The fraction of sp³-hybridized carbons (Fsp3) is 0.545. The van der Waals surface area contributed by atoms with Gasteiger partial charge in [-0.25, -0.2) is 0 Å². The first kappa shape index (κ1) is 12.3. The Morgan fingerprint density at radius 1 is 1.87 bits per heavy atom. The largest absolute Gasteiger partial charge is 0.465 e. The van der Waals surface area contributed by atoms with E-state index in [1.807, 2.05) is 0 Å². The van der Waals surface area contributed by atoms with Gasteiger partial charge in [0.15, 0.2) is 0 Å². The van der Waals surface area contributed by atoms with Crippen LogP contribution in [0.1, 0.15) is 13.3 Å². The van der Waals surface area contributed by atoms with Crippen LogP contribution in [0.4, 0.5) is 0 Å². The van der Waals surface area contributed by atoms with Crippen LogP contribution in [0.15, 0.2) is 23.8 Å². The molecular formula is C11H15ClO3. The van der Waals surface area contributed by atoms with Crippen LogP contribution >= 0.6 is 11.6 Å². The molecule has 0 radical (unpaired) electrons. The summed E-state index contributed by atoms with van der Waals surface area (Å²) in [5, 5.41) is 10.2. The van der Waals surface area contributed by atoms with Crippen molar-refractivity contribution in [2.45, 2.75) is 19.4 Å². The molecule has 1 saturated heterocycles. The zero-order chi connectivity index (χ0) is 11.4. The lowest BCUT2D eigenvalue weighted by molar-refractivity contribution is -0.143. The smallest absolute Gasteiger partial charge is 0.312 e. The van der Waals surface area contributed by atoms with Crippen molar-refractivity contribution in [2.24, 2.45) is 11.8 Å². The SMILES string of the molecule is C=C(Cl)C[C@H]1COC(=O)[C@@H]1[C@H](O)/C=C/C. The molecule has 84 valence electrons. The van der Waals surface area contributed by atoms with Gasteiger partial charge < -0.3 is 9.84 Å². The van der Waals surface area contributed by atoms with Crippen LogP contribution in [0.25, 0.3) is 0 Å². The van der Waals surface area contributed by atoms with E-state index in [1.165, 1.54) is 0 Å². The Morgan fingerprint density at radius 3 is 3.07 bits per heavy atom. The summed E-state index contributed by atoms with van der Waals surface area (Å²) in [7, 11) is 0. The zero-order valence-electron chi connectivity index (χ0n) is 8.65. The summed E-state index contributed by atoms with van der Waals surface area (Å²) in [6.07, 6.45) is 2.99. The highest BCUT2D eigenvalue weighted by atomic mass is 35.5. The molecule has 0 saturated carbocycles. The maximum absolute atomic E-state index is 11.4. The van der Waals surface area contributed by atoms with E-state index in [4.69, 9.17) is 16.3 Å². The number of carbonyl (C=O) groups excluding carboxylic acids is 1. The number of halogens is 1. The van der Waals surface area contributed by atoms with E-state index in [0.717, 1.165) is 0 Å². The van der Waals surface area contributed by atoms with Gasteiger partial charge in [-0.15, -0.1) is 0 Å². The van der Waals surface area contributed by atoms with E-state index in [1.54, 1.807) is 19.1 Å². The summed E-state index contributed by atoms with van der Waals surface area (Å²) in [5.74, 6) is -0.950. The average Bonchev–Trinajstić information content (AvgIpc) is 2.46. The molecule has 1 heterocycles. The average molecular weight is 231 g/mol. The first-order valence-electron chi connectivity index (χ1n) is 4.87. The molecule has 15 heavy (non-hydrogen) atoms. The van der Waals surface area contributed by atoms with E-state index in [0.29, 0.717) is 18.1 Å². The summed E-state index contributed by atoms with van der Waals surface area (Å²) in [5.41, 5.74) is 0. The van der Waals surface area contributed by atoms with Crippen molar-refractivity contribution >= 4 is 17.6 Å². The van der Waals surface area contributed by atoms with E-state index < -0.39 is 12.0 Å². The van der Waals surface area contributed by atoms with Crippen molar-refractivity contribution in [3.8, 4) is 0 Å². The summed E-state index contributed by atoms with van der Waals surface area (Å²) < 4.78 is 4.91. The molecule has 3 atom stereocenters. The van der Waals surface area contributed by atoms with Crippen LogP contribution < -0.4 is 0 Å². The number of hydrogen-bond donors (Lipinski definition) is 1. The first-order chi connectivity index (χ1) is 7.06. The van der Waals surface area contributed by atoms with Crippen LogP contribution in [0.5, 0.6) is 0 Å². The Morgan fingerprint density at radius 2 is 2.53 bits per heavy atom. The maximum Gasteiger partial charge on any atom is 0.312 e. The van der Waals surface area contributed by atoms with Gasteiger partial charge in [0.2, 0.25) is 0 Å². The number of allylic oxidation sites excluding steroid dienone is 2. The topological polar surface area (TPSA) is 46.5 Å². The highest BCUT2D eigenvalue weighted by molar-refractivity contribution is 6.29. The molecule has 4 heteroatoms. The Labute approximate surface area is 94.4 Å². The summed E-state index contributed by atoms with van der Waals surface area (Å²) in [6, 6.07) is 0. The predicted molar refractivity (Wildman–Crippen MR) is 58.4 cm³/mol. The van der Waals surface area contributed by atoms with Gasteiger partial charge in [0.05, 0.1) is 18.6 Å². The molecule has 1 aliphatic rings. The highest BCUT2D eigenvalue weighted by Crippen LogP contribution is 2.31. The lowest BCUT2D eigenvalue weighted by atomic mass is 9.87. The molecule has 3 nitrogen and oxygen atoms in total. The normalized spacial score (nSPS) is 28.1. The minimum atomic E-state index is -0.800. The second-order valence-corrected chi connectivity index (χ2v) is 4.19. The Hall–Kier alpha value is -0.800. The van der Waals surface area contributed by atoms with E-state index in [9.17, 15) is 9.90 Å². The van der Waals surface area contributed by atoms with Crippen molar-refractivity contribution in [3.05, 3.63) is 23.8 Å². The van der Waals surface area contributed by atoms with Gasteiger partial charge in [0.1, 0.15) is 0 Å². The third kappa shape index (κ3) is 3.08. The van der Waals surface area contributed by atoms with Crippen LogP contribution in [0.2, 0.25) is 0 Å². The quantitative estimate of drug-likeness (QED) is 0.592. The monoisotopic (exact) mass is 230 g/mol. The number of aliphatic hydroxyl groups excluding tert-OH is 1. The molecule has 0 aliphatic carbocycles. The van der Waals surface area contributed by atoms with E-state index in [-0.39, 0.29) is 11.9 Å². The van der Waals surface area contributed by atoms with Crippen molar-refractivity contribution in [3.63, 3.8) is 0 Å². The van der Waals surface area contributed by atoms with Gasteiger partial charge in [-0.05, 0) is 13.3 Å². The molecule has 1 N–H and O–H groups in total. The predicted octanol–water partition coefficient (Wildman–Crippen LogP) is 1.86. The minimum absolute atomic E-state index is 0.0753. The lowest BCUT2D eigenvalue weighted by Gasteiger charge is -2.17. The molecule has 1 rings (SSSR count). The van der Waals surface area contributed by atoms with E-state index >= 15 is 0 Å². The molecular weight excluding hydrogens is 216 g/mol. The van der Waals surface area contributed by atoms with Crippen molar-refractivity contribution in [1.29, 1.82) is 0 Å². The van der Waals surface area contributed by atoms with Crippen molar-refractivity contribution in [2.75, 3.05) is 6.61 Å². The molecule has 0 unspecified atom stereocenters. The number of aliphatic hydroxyl groups is 1. The van der Waals surface area contributed by atoms with Crippen molar-refractivity contribution < 1.29 is 14.6 Å². The van der Waals surface area contributed by atoms with Gasteiger partial charge in [0.25, 0.3) is 0 Å². The van der Waals surface area contributed by atoms with Gasteiger partial charge in [-0.3, -0.25) is 4.79 Å². The summed E-state index contributed by atoms with van der Waals surface area (Å²) in [6.45, 7) is 5.68. The molecule has 0 spiro atoms. The fourth-order valence-electron chi connectivity index (χ4n) is 1.79. The molecule has 0 aromatic heterocycles. The van der Waals surface area contributed by atoms with Gasteiger partial charge in [-0.2, -0.15) is 0 Å². The summed E-state index contributed by atoms with van der Waals surface area (Å²) in [4.78, 5) is 11.4. The van der Waals surface area contributed by atoms with Crippen LogP contribution in [0, 0.1) is 11.8 Å². The Bertz CT molecular complexity index is 286. The Kier molecular flexibility index (Phi) is 4.36. The minimum Gasteiger partial charge on any atom is -0.465 e. The number of carbonyl (C=O) groups is 1. The number of hydrogen-bond acceptors (Lipinski definition) is 3. The van der Waals surface area contributed by atoms with Crippen LogP contribution in [-0.4, -0.2) is 23.8 Å². The Balaban J connectivity index is 2.72. The van der Waals surface area contributed by atoms with Gasteiger partial charge in [-0.1, -0.05) is 30.3 Å². The third-order valence-electron chi connectivity index (χ3n) is 2.46. The molecule has 0 bridgehead atoms. The number of cyclic esters (lactones) is 1. The zero-order valence-corrected chi connectivity index (χ0v) is 9.41. The van der Waals surface area contributed by atoms with Gasteiger partial charge in [0, 0.05) is 11.0 Å². The third-order valence-corrected chi connectivity index (χ3v) is 2.62. The fourth-order valence-corrected chi connectivity index (χ4v) is 1.99. The molecule has 0 aromatic carbocycles. The maximum atomic E-state index is 11.4.